The Morgan fingerprint density at radius 2 is 1.89 bits per heavy atom. The van der Waals surface area contributed by atoms with Crippen LogP contribution in [0.25, 0.3) is 0 Å². The second kappa shape index (κ2) is 6.00. The second-order valence-electron chi connectivity index (χ2n) is 4.36. The van der Waals surface area contributed by atoms with E-state index in [4.69, 9.17) is 14.6 Å². The van der Waals surface area contributed by atoms with Gasteiger partial charge >= 0.3 is 11.9 Å². The number of fused-ring (bicyclic) bond motifs is 2. The Kier molecular flexibility index (Phi) is 4.90. The van der Waals surface area contributed by atoms with Crippen molar-refractivity contribution >= 4 is 11.9 Å². The van der Waals surface area contributed by atoms with E-state index in [1.165, 1.54) is 0 Å². The number of rotatable bonds is 5. The lowest BCUT2D eigenvalue weighted by molar-refractivity contribution is -0.156. The summed E-state index contributed by atoms with van der Waals surface area (Å²) < 4.78 is 10.5. The van der Waals surface area contributed by atoms with E-state index in [0.29, 0.717) is 6.61 Å². The molecule has 0 aromatic carbocycles. The largest absolute Gasteiger partial charge is 0.481 e. The zero-order chi connectivity index (χ0) is 12.4. The van der Waals surface area contributed by atoms with Gasteiger partial charge in [-0.1, -0.05) is 32.9 Å². The number of esters is 1. The smallest absolute Gasteiger partial charge is 0.312 e. The van der Waals surface area contributed by atoms with E-state index in [0.717, 1.165) is 12.8 Å². The van der Waals surface area contributed by atoms with Gasteiger partial charge in [-0.2, -0.15) is 0 Å². The third-order valence-corrected chi connectivity index (χ3v) is 3.20. The second-order valence-corrected chi connectivity index (χ2v) is 4.36. The van der Waals surface area contributed by atoms with Gasteiger partial charge in [0.05, 0.1) is 18.8 Å². The molecular formula is C13H20O5. The maximum Gasteiger partial charge on any atom is 0.312 e. The standard InChI is InChI=1S/C12H16O5.CH4/c1-2-3-6-16-12(15)10-8-5-4-7(17-8)9(10)11(13)14;/h4-5,7-10H,2-3,6H2,1H3,(H,13,14);1H4/t7-,8?,9?,10?;/m1./s1. The summed E-state index contributed by atoms with van der Waals surface area (Å²) in [5, 5.41) is 9.10. The molecule has 5 nitrogen and oxygen atoms in total. The van der Waals surface area contributed by atoms with Crippen LogP contribution < -0.4 is 0 Å². The zero-order valence-corrected chi connectivity index (χ0v) is 9.67. The minimum absolute atomic E-state index is 0. The summed E-state index contributed by atoms with van der Waals surface area (Å²) >= 11 is 0. The number of unbranched alkanes of at least 4 members (excludes halogenated alkanes) is 1. The highest BCUT2D eigenvalue weighted by Crippen LogP contribution is 2.39. The predicted molar refractivity (Wildman–Crippen MR) is 65.0 cm³/mol. The molecule has 2 rings (SSSR count). The maximum atomic E-state index is 11.8. The molecule has 2 bridgehead atoms. The summed E-state index contributed by atoms with van der Waals surface area (Å²) in [7, 11) is 0. The number of carbonyl (C=O) groups is 2. The molecule has 0 aromatic rings. The molecule has 1 saturated heterocycles. The Labute approximate surface area is 107 Å². The molecule has 3 unspecified atom stereocenters. The molecule has 2 heterocycles. The Bertz CT molecular complexity index is 349. The van der Waals surface area contributed by atoms with E-state index in [1.807, 2.05) is 6.92 Å². The molecule has 0 spiro atoms. The van der Waals surface area contributed by atoms with Crippen LogP contribution in [0.15, 0.2) is 12.2 Å². The number of ether oxygens (including phenoxy) is 2. The van der Waals surface area contributed by atoms with Crippen LogP contribution in [-0.2, 0) is 19.1 Å². The average molecular weight is 256 g/mol. The number of carboxylic acids is 1. The van der Waals surface area contributed by atoms with Crippen LogP contribution in [0.5, 0.6) is 0 Å². The van der Waals surface area contributed by atoms with Gasteiger partial charge in [0.2, 0.25) is 0 Å². The van der Waals surface area contributed by atoms with Crippen LogP contribution in [-0.4, -0.2) is 35.9 Å². The molecule has 102 valence electrons. The zero-order valence-electron chi connectivity index (χ0n) is 9.67. The molecular weight excluding hydrogens is 236 g/mol. The first-order valence-electron chi connectivity index (χ1n) is 5.88. The van der Waals surface area contributed by atoms with Gasteiger partial charge in [0, 0.05) is 0 Å². The van der Waals surface area contributed by atoms with Gasteiger partial charge in [-0.3, -0.25) is 9.59 Å². The fourth-order valence-electron chi connectivity index (χ4n) is 2.30. The van der Waals surface area contributed by atoms with E-state index in [9.17, 15) is 9.59 Å². The molecule has 0 saturated carbocycles. The fourth-order valence-corrected chi connectivity index (χ4v) is 2.30. The van der Waals surface area contributed by atoms with E-state index in [-0.39, 0.29) is 7.43 Å². The van der Waals surface area contributed by atoms with Crippen LogP contribution in [0.1, 0.15) is 27.2 Å². The quantitative estimate of drug-likeness (QED) is 0.459. The average Bonchev–Trinajstić information content (AvgIpc) is 2.88. The van der Waals surface area contributed by atoms with E-state index < -0.39 is 36.0 Å². The van der Waals surface area contributed by atoms with Crippen molar-refractivity contribution in [3.05, 3.63) is 12.2 Å². The van der Waals surface area contributed by atoms with Crippen LogP contribution in [0.4, 0.5) is 0 Å². The normalized spacial score (nSPS) is 32.1. The molecule has 1 fully saturated rings. The van der Waals surface area contributed by atoms with Gasteiger partial charge < -0.3 is 14.6 Å². The van der Waals surface area contributed by atoms with E-state index >= 15 is 0 Å². The monoisotopic (exact) mass is 256 g/mol. The molecule has 0 amide bonds. The van der Waals surface area contributed by atoms with Crippen molar-refractivity contribution in [2.75, 3.05) is 6.61 Å². The summed E-state index contributed by atoms with van der Waals surface area (Å²) in [5.74, 6) is -2.96. The van der Waals surface area contributed by atoms with Gasteiger partial charge in [0.25, 0.3) is 0 Å². The van der Waals surface area contributed by atoms with Crippen molar-refractivity contribution in [2.24, 2.45) is 11.8 Å². The fraction of sp³-hybridized carbons (Fsp3) is 0.692. The lowest BCUT2D eigenvalue weighted by atomic mass is 9.83. The minimum atomic E-state index is -1.00. The first-order valence-corrected chi connectivity index (χ1v) is 5.88. The third-order valence-electron chi connectivity index (χ3n) is 3.20. The molecule has 4 atom stereocenters. The van der Waals surface area contributed by atoms with E-state index in [2.05, 4.69) is 0 Å². The van der Waals surface area contributed by atoms with Crippen molar-refractivity contribution in [3.8, 4) is 0 Å². The van der Waals surface area contributed by atoms with Gasteiger partial charge in [0.15, 0.2) is 0 Å². The first kappa shape index (κ1) is 14.7. The summed E-state index contributed by atoms with van der Waals surface area (Å²) in [6, 6.07) is 0. The highest BCUT2D eigenvalue weighted by atomic mass is 16.5. The summed E-state index contributed by atoms with van der Waals surface area (Å²) in [6.45, 7) is 2.34. The Hall–Kier alpha value is -1.36. The summed E-state index contributed by atoms with van der Waals surface area (Å²) in [5.41, 5.74) is 0. The van der Waals surface area contributed by atoms with Gasteiger partial charge in [0.1, 0.15) is 11.8 Å². The van der Waals surface area contributed by atoms with Gasteiger partial charge in [-0.05, 0) is 6.42 Å². The molecule has 1 N–H and O–H groups in total. The number of carbonyl (C=O) groups excluding carboxylic acids is 1. The minimum Gasteiger partial charge on any atom is -0.481 e. The van der Waals surface area contributed by atoms with Crippen molar-refractivity contribution in [3.63, 3.8) is 0 Å². The molecule has 5 heteroatoms. The number of hydrogen-bond donors (Lipinski definition) is 1. The lowest BCUT2D eigenvalue weighted by Gasteiger charge is -2.20. The topological polar surface area (TPSA) is 72.8 Å². The number of hydrogen-bond acceptors (Lipinski definition) is 4. The van der Waals surface area contributed by atoms with Gasteiger partial charge in [-0.15, -0.1) is 0 Å². The Balaban J connectivity index is 0.00000162. The first-order chi connectivity index (χ1) is 8.15. The molecule has 0 radical (unpaired) electrons. The van der Waals surface area contributed by atoms with Crippen LogP contribution in [0.2, 0.25) is 0 Å². The van der Waals surface area contributed by atoms with Crippen molar-refractivity contribution in [2.45, 2.75) is 39.4 Å². The molecule has 2 aliphatic heterocycles. The highest BCUT2D eigenvalue weighted by Gasteiger charge is 2.53. The molecule has 0 aliphatic carbocycles. The summed E-state index contributed by atoms with van der Waals surface area (Å²) in [4.78, 5) is 22.9. The summed E-state index contributed by atoms with van der Waals surface area (Å²) in [6.07, 6.45) is 4.26. The van der Waals surface area contributed by atoms with Crippen molar-refractivity contribution in [1.29, 1.82) is 0 Å². The van der Waals surface area contributed by atoms with Crippen molar-refractivity contribution in [1.82, 2.24) is 0 Å². The number of carboxylic acid groups (broad SMARTS) is 1. The molecule has 2 aliphatic rings. The predicted octanol–water partition coefficient (Wildman–Crippen LogP) is 1.62. The van der Waals surface area contributed by atoms with Gasteiger partial charge in [-0.25, -0.2) is 0 Å². The van der Waals surface area contributed by atoms with E-state index in [1.54, 1.807) is 12.2 Å². The Morgan fingerprint density at radius 3 is 2.44 bits per heavy atom. The van der Waals surface area contributed by atoms with Crippen LogP contribution in [0.3, 0.4) is 0 Å². The molecule has 0 aromatic heterocycles. The highest BCUT2D eigenvalue weighted by molar-refractivity contribution is 5.84. The van der Waals surface area contributed by atoms with Crippen LogP contribution in [0, 0.1) is 11.8 Å². The number of aliphatic carboxylic acids is 1. The molecule has 18 heavy (non-hydrogen) atoms. The SMILES string of the molecule is C.CCCCOC(=O)C1C2C=C[C@@H](O2)C1C(=O)O. The maximum absolute atomic E-state index is 11.8. The van der Waals surface area contributed by atoms with Crippen LogP contribution >= 0.6 is 0 Å². The lowest BCUT2D eigenvalue weighted by Crippen LogP contribution is -2.37. The Morgan fingerprint density at radius 1 is 1.28 bits per heavy atom. The third kappa shape index (κ3) is 2.56. The van der Waals surface area contributed by atoms with Crippen molar-refractivity contribution < 1.29 is 24.2 Å².